The molecule has 0 aliphatic rings. The molecule has 4 aromatic carbocycles. The lowest BCUT2D eigenvalue weighted by atomic mass is 9.89. The van der Waals surface area contributed by atoms with Crippen molar-refractivity contribution in [2.45, 2.75) is 12.8 Å². The second-order valence-corrected chi connectivity index (χ2v) is 6.21. The highest BCUT2D eigenvalue weighted by atomic mass is 16.3. The first kappa shape index (κ1) is 15.1. The van der Waals surface area contributed by atoms with Gasteiger partial charge >= 0.3 is 0 Å². The van der Waals surface area contributed by atoms with Crippen molar-refractivity contribution < 1.29 is 10.2 Å². The first-order valence-electron chi connectivity index (χ1n) is 8.40. The van der Waals surface area contributed by atoms with E-state index in [1.165, 1.54) is 43.4 Å². The molecule has 4 rings (SSSR count). The first-order valence-corrected chi connectivity index (χ1v) is 8.40. The maximum atomic E-state index is 9.53. The number of hydrogen-bond donors (Lipinski definition) is 2. The fraction of sp³-hybridized carbons (Fsp3) is 0.182. The maximum absolute atomic E-state index is 9.53. The van der Waals surface area contributed by atoms with E-state index in [0.717, 1.165) is 0 Å². The Morgan fingerprint density at radius 2 is 1.33 bits per heavy atom. The van der Waals surface area contributed by atoms with Crippen molar-refractivity contribution in [3.8, 4) is 0 Å². The highest BCUT2D eigenvalue weighted by molar-refractivity contribution is 6.19. The molecule has 0 spiro atoms. The van der Waals surface area contributed by atoms with Gasteiger partial charge in [0.25, 0.3) is 0 Å². The minimum atomic E-state index is 0.139. The third-order valence-corrected chi connectivity index (χ3v) is 4.79. The molecule has 2 N–H and O–H groups in total. The Hall–Kier alpha value is -2.42. The van der Waals surface area contributed by atoms with Crippen LogP contribution in [0.25, 0.3) is 32.3 Å². The Balaban J connectivity index is 2.22. The molecule has 4 aromatic rings. The highest BCUT2D eigenvalue weighted by Crippen LogP contribution is 2.36. The second-order valence-electron chi connectivity index (χ2n) is 6.21. The lowest BCUT2D eigenvalue weighted by molar-refractivity contribution is 0.300. The van der Waals surface area contributed by atoms with Crippen LogP contribution in [0.2, 0.25) is 0 Å². The molecule has 120 valence electrons. The average Bonchev–Trinajstić information content (AvgIpc) is 2.62. The van der Waals surface area contributed by atoms with Crippen molar-refractivity contribution in [3.63, 3.8) is 0 Å². The summed E-state index contributed by atoms with van der Waals surface area (Å²) in [6, 6.07) is 21.2. The summed E-state index contributed by atoms with van der Waals surface area (Å²) in [6.07, 6.45) is 1.29. The third-order valence-electron chi connectivity index (χ3n) is 4.79. The SMILES string of the molecule is OCCc1cccc2cc(CCO)c3c4ccccc4ccc3c12. The Bertz CT molecular complexity index is 1030. The van der Waals surface area contributed by atoms with Crippen LogP contribution in [0.5, 0.6) is 0 Å². The smallest absolute Gasteiger partial charge is 0.0471 e. The Kier molecular flexibility index (Phi) is 3.93. The zero-order chi connectivity index (χ0) is 16.5. The van der Waals surface area contributed by atoms with Crippen LogP contribution < -0.4 is 0 Å². The number of hydrogen-bond acceptors (Lipinski definition) is 2. The summed E-state index contributed by atoms with van der Waals surface area (Å²) < 4.78 is 0. The van der Waals surface area contributed by atoms with Gasteiger partial charge < -0.3 is 10.2 Å². The van der Waals surface area contributed by atoms with Crippen molar-refractivity contribution >= 4 is 32.3 Å². The van der Waals surface area contributed by atoms with Crippen LogP contribution in [0.3, 0.4) is 0 Å². The molecule has 0 amide bonds. The number of aliphatic hydroxyl groups excluding tert-OH is 2. The first-order chi connectivity index (χ1) is 11.8. The molecule has 2 heteroatoms. The van der Waals surface area contributed by atoms with Crippen LogP contribution in [0.15, 0.2) is 60.7 Å². The molecule has 0 saturated heterocycles. The predicted octanol–water partition coefficient (Wildman–Crippen LogP) is 4.22. The number of benzene rings is 4. The molecule has 0 bridgehead atoms. The standard InChI is InChI=1S/C22H20O2/c23-12-10-16-5-3-6-17-14-18(11-13-24)22-19-7-2-1-4-15(19)8-9-20(22)21(16)17/h1-9,14,23-24H,10-13H2. The van der Waals surface area contributed by atoms with Crippen LogP contribution >= 0.6 is 0 Å². The van der Waals surface area contributed by atoms with Crippen molar-refractivity contribution in [1.82, 2.24) is 0 Å². The molecule has 24 heavy (non-hydrogen) atoms. The number of aliphatic hydroxyl groups is 2. The van der Waals surface area contributed by atoms with E-state index in [9.17, 15) is 10.2 Å². The van der Waals surface area contributed by atoms with Crippen LogP contribution in [0, 0.1) is 0 Å². The van der Waals surface area contributed by atoms with Gasteiger partial charge in [-0.1, -0.05) is 60.7 Å². The molecule has 0 saturated carbocycles. The Morgan fingerprint density at radius 3 is 2.17 bits per heavy atom. The molecule has 0 heterocycles. The lowest BCUT2D eigenvalue weighted by Crippen LogP contribution is -1.97. The molecular weight excluding hydrogens is 296 g/mol. The Morgan fingerprint density at radius 1 is 0.583 bits per heavy atom. The van der Waals surface area contributed by atoms with Gasteiger partial charge in [0, 0.05) is 13.2 Å². The molecule has 0 aromatic heterocycles. The lowest BCUT2D eigenvalue weighted by Gasteiger charge is -2.15. The van der Waals surface area contributed by atoms with E-state index in [2.05, 4.69) is 54.6 Å². The van der Waals surface area contributed by atoms with E-state index in [1.807, 2.05) is 6.07 Å². The van der Waals surface area contributed by atoms with Gasteiger partial charge in [-0.2, -0.15) is 0 Å². The van der Waals surface area contributed by atoms with E-state index in [0.29, 0.717) is 12.8 Å². The quantitative estimate of drug-likeness (QED) is 0.554. The molecule has 0 radical (unpaired) electrons. The van der Waals surface area contributed by atoms with Crippen LogP contribution in [-0.4, -0.2) is 23.4 Å². The zero-order valence-electron chi connectivity index (χ0n) is 13.5. The van der Waals surface area contributed by atoms with Crippen LogP contribution in [0.1, 0.15) is 11.1 Å². The summed E-state index contributed by atoms with van der Waals surface area (Å²) in [6.45, 7) is 0.284. The van der Waals surface area contributed by atoms with Crippen molar-refractivity contribution in [3.05, 3.63) is 71.8 Å². The molecular formula is C22H20O2. The highest BCUT2D eigenvalue weighted by Gasteiger charge is 2.12. The van der Waals surface area contributed by atoms with Crippen LogP contribution in [0.4, 0.5) is 0 Å². The third kappa shape index (κ3) is 2.35. The molecule has 2 nitrogen and oxygen atoms in total. The topological polar surface area (TPSA) is 40.5 Å². The summed E-state index contributed by atoms with van der Waals surface area (Å²) in [5.41, 5.74) is 2.35. The summed E-state index contributed by atoms with van der Waals surface area (Å²) in [5.74, 6) is 0. The van der Waals surface area contributed by atoms with E-state index in [1.54, 1.807) is 0 Å². The van der Waals surface area contributed by atoms with Gasteiger partial charge in [0.1, 0.15) is 0 Å². The van der Waals surface area contributed by atoms with E-state index in [4.69, 9.17) is 0 Å². The zero-order valence-corrected chi connectivity index (χ0v) is 13.5. The second kappa shape index (κ2) is 6.23. The van der Waals surface area contributed by atoms with Crippen molar-refractivity contribution in [1.29, 1.82) is 0 Å². The van der Waals surface area contributed by atoms with Gasteiger partial charge in [-0.25, -0.2) is 0 Å². The average molecular weight is 316 g/mol. The predicted molar refractivity (Wildman–Crippen MR) is 101 cm³/mol. The van der Waals surface area contributed by atoms with E-state index in [-0.39, 0.29) is 13.2 Å². The fourth-order valence-electron chi connectivity index (χ4n) is 3.80. The largest absolute Gasteiger partial charge is 0.396 e. The minimum Gasteiger partial charge on any atom is -0.396 e. The van der Waals surface area contributed by atoms with E-state index >= 15 is 0 Å². The summed E-state index contributed by atoms with van der Waals surface area (Å²) in [7, 11) is 0. The maximum Gasteiger partial charge on any atom is 0.0471 e. The van der Waals surface area contributed by atoms with Gasteiger partial charge in [0.15, 0.2) is 0 Å². The van der Waals surface area contributed by atoms with Crippen LogP contribution in [-0.2, 0) is 12.8 Å². The molecule has 0 aliphatic heterocycles. The van der Waals surface area contributed by atoms with Crippen molar-refractivity contribution in [2.24, 2.45) is 0 Å². The summed E-state index contributed by atoms with van der Waals surface area (Å²) >= 11 is 0. The van der Waals surface area contributed by atoms with Gasteiger partial charge in [-0.15, -0.1) is 0 Å². The number of rotatable bonds is 4. The summed E-state index contributed by atoms with van der Waals surface area (Å²) in [5, 5.41) is 26.2. The Labute approximate surface area is 141 Å². The minimum absolute atomic E-state index is 0.139. The molecule has 0 unspecified atom stereocenters. The summed E-state index contributed by atoms with van der Waals surface area (Å²) in [4.78, 5) is 0. The molecule has 0 atom stereocenters. The monoisotopic (exact) mass is 316 g/mol. The van der Waals surface area contributed by atoms with Gasteiger partial charge in [-0.3, -0.25) is 0 Å². The number of fused-ring (bicyclic) bond motifs is 5. The fourth-order valence-corrected chi connectivity index (χ4v) is 3.80. The van der Waals surface area contributed by atoms with E-state index < -0.39 is 0 Å². The van der Waals surface area contributed by atoms with Gasteiger partial charge in [0.2, 0.25) is 0 Å². The van der Waals surface area contributed by atoms with Gasteiger partial charge in [-0.05, 0) is 56.3 Å². The van der Waals surface area contributed by atoms with Gasteiger partial charge in [0.05, 0.1) is 0 Å². The normalized spacial score (nSPS) is 11.6. The van der Waals surface area contributed by atoms with Crippen molar-refractivity contribution in [2.75, 3.05) is 13.2 Å². The molecule has 0 aliphatic carbocycles. The molecule has 0 fully saturated rings.